The summed E-state index contributed by atoms with van der Waals surface area (Å²) in [6, 6.07) is 7.78. The lowest BCUT2D eigenvalue weighted by Gasteiger charge is -2.14. The monoisotopic (exact) mass is 347 g/mol. The lowest BCUT2D eigenvalue weighted by Crippen LogP contribution is -2.32. The van der Waals surface area contributed by atoms with Gasteiger partial charge in [-0.1, -0.05) is 12.1 Å². The minimum atomic E-state index is -4.47. The number of aliphatic hydroxyl groups is 1. The predicted molar refractivity (Wildman–Crippen MR) is 88.8 cm³/mol. The van der Waals surface area contributed by atoms with Crippen LogP contribution in [-0.2, 0) is 19.8 Å². The highest BCUT2D eigenvalue weighted by Gasteiger charge is 2.36. The molecule has 0 amide bonds. The number of hydrogen-bond acceptors (Lipinski definition) is 2. The number of para-hydroxylation sites is 1. The molecule has 130 valence electrons. The van der Waals surface area contributed by atoms with E-state index in [1.807, 2.05) is 26.0 Å². The smallest absolute Gasteiger partial charge is 0.392 e. The van der Waals surface area contributed by atoms with E-state index in [9.17, 15) is 18.3 Å². The van der Waals surface area contributed by atoms with Gasteiger partial charge >= 0.3 is 6.18 Å². The number of alkyl halides is 3. The minimum Gasteiger partial charge on any atom is -0.392 e. The van der Waals surface area contributed by atoms with Crippen LogP contribution in [0.15, 0.2) is 36.7 Å². The van der Waals surface area contributed by atoms with Gasteiger partial charge in [0, 0.05) is 5.56 Å². The first-order chi connectivity index (χ1) is 11.7. The van der Waals surface area contributed by atoms with Gasteiger partial charge in [-0.05, 0) is 53.7 Å². The summed E-state index contributed by atoms with van der Waals surface area (Å²) in [7, 11) is 1.75. The normalized spacial score (nSPS) is 12.0. The third-order valence-electron chi connectivity index (χ3n) is 4.47. The summed E-state index contributed by atoms with van der Waals surface area (Å²) in [5.74, 6) is 0. The standard InChI is InChI=1S/C19H18F3N2O/c1-11-7-13(9-25)8-15(12(11)2)18-14-5-4-6-16(19(20,21)22)17(14)23-10-24(18)3/h4-8,10,25H,9H2,1-3H3/q+1. The Hall–Kier alpha value is -2.47. The molecule has 0 aliphatic rings. The molecule has 0 aliphatic carbocycles. The third-order valence-corrected chi connectivity index (χ3v) is 4.47. The van der Waals surface area contributed by atoms with Crippen LogP contribution >= 0.6 is 0 Å². The minimum absolute atomic E-state index is 0.0745. The van der Waals surface area contributed by atoms with Gasteiger partial charge in [0.1, 0.15) is 11.3 Å². The van der Waals surface area contributed by atoms with E-state index < -0.39 is 11.7 Å². The number of aromatic nitrogens is 2. The average Bonchev–Trinajstić information content (AvgIpc) is 2.56. The fourth-order valence-corrected chi connectivity index (χ4v) is 3.10. The van der Waals surface area contributed by atoms with Gasteiger partial charge < -0.3 is 5.11 Å². The van der Waals surface area contributed by atoms with Crippen LogP contribution in [0.1, 0.15) is 22.3 Å². The van der Waals surface area contributed by atoms with Gasteiger partial charge in [-0.2, -0.15) is 13.2 Å². The van der Waals surface area contributed by atoms with Crippen LogP contribution in [0.3, 0.4) is 0 Å². The fourth-order valence-electron chi connectivity index (χ4n) is 3.10. The van der Waals surface area contributed by atoms with Crippen molar-refractivity contribution in [1.82, 2.24) is 4.98 Å². The molecule has 0 bridgehead atoms. The Kier molecular flexibility index (Phi) is 4.24. The fraction of sp³-hybridized carbons (Fsp3) is 0.263. The second-order valence-electron chi connectivity index (χ2n) is 6.15. The third kappa shape index (κ3) is 2.98. The van der Waals surface area contributed by atoms with E-state index in [1.54, 1.807) is 17.7 Å². The molecule has 6 heteroatoms. The van der Waals surface area contributed by atoms with Crippen molar-refractivity contribution in [3.05, 3.63) is 58.9 Å². The molecule has 0 radical (unpaired) electrons. The van der Waals surface area contributed by atoms with Gasteiger partial charge in [0.25, 0.3) is 6.33 Å². The molecule has 1 aromatic heterocycles. The van der Waals surface area contributed by atoms with Gasteiger partial charge in [0.2, 0.25) is 0 Å². The molecule has 0 unspecified atom stereocenters. The van der Waals surface area contributed by atoms with E-state index in [0.29, 0.717) is 11.1 Å². The average molecular weight is 347 g/mol. The van der Waals surface area contributed by atoms with Crippen LogP contribution in [0, 0.1) is 13.8 Å². The van der Waals surface area contributed by atoms with Crippen LogP contribution in [0.4, 0.5) is 13.2 Å². The lowest BCUT2D eigenvalue weighted by atomic mass is 9.94. The van der Waals surface area contributed by atoms with Gasteiger partial charge in [-0.25, -0.2) is 4.57 Å². The molecule has 3 nitrogen and oxygen atoms in total. The summed E-state index contributed by atoms with van der Waals surface area (Å²) < 4.78 is 41.7. The second-order valence-corrected chi connectivity index (χ2v) is 6.15. The number of rotatable bonds is 2. The van der Waals surface area contributed by atoms with Crippen LogP contribution in [0.2, 0.25) is 0 Å². The Bertz CT molecular complexity index is 965. The number of nitrogens with zero attached hydrogens (tertiary/aromatic N) is 2. The first-order valence-electron chi connectivity index (χ1n) is 7.80. The molecule has 1 N–H and O–H groups in total. The number of benzene rings is 2. The summed E-state index contributed by atoms with van der Waals surface area (Å²) in [5, 5.41) is 9.92. The molecule has 0 aliphatic heterocycles. The van der Waals surface area contributed by atoms with E-state index in [1.165, 1.54) is 12.4 Å². The van der Waals surface area contributed by atoms with Crippen LogP contribution in [-0.4, -0.2) is 10.1 Å². The van der Waals surface area contributed by atoms with Crippen molar-refractivity contribution in [2.45, 2.75) is 26.6 Å². The van der Waals surface area contributed by atoms with E-state index in [4.69, 9.17) is 0 Å². The quantitative estimate of drug-likeness (QED) is 0.715. The Morgan fingerprint density at radius 2 is 1.88 bits per heavy atom. The Balaban J connectivity index is 2.42. The molecule has 1 heterocycles. The first kappa shape index (κ1) is 17.4. The van der Waals surface area contributed by atoms with Gasteiger partial charge in [0.05, 0.1) is 19.0 Å². The molecule has 0 fully saturated rings. The topological polar surface area (TPSA) is 37.0 Å². The molecule has 3 rings (SSSR count). The van der Waals surface area contributed by atoms with Gasteiger partial charge in [-0.3, -0.25) is 0 Å². The highest BCUT2D eigenvalue weighted by molar-refractivity contribution is 5.93. The van der Waals surface area contributed by atoms with Crippen molar-refractivity contribution in [2.24, 2.45) is 7.05 Å². The molecule has 0 saturated heterocycles. The van der Waals surface area contributed by atoms with E-state index in [-0.39, 0.29) is 12.1 Å². The summed E-state index contributed by atoms with van der Waals surface area (Å²) in [5.41, 5.74) is 3.26. The molecule has 0 saturated carbocycles. The highest BCUT2D eigenvalue weighted by Crippen LogP contribution is 2.36. The second kappa shape index (κ2) is 6.11. The maximum atomic E-state index is 13.3. The number of hydrogen-bond donors (Lipinski definition) is 1. The summed E-state index contributed by atoms with van der Waals surface area (Å²) in [4.78, 5) is 4.02. The molecular formula is C19H18F3N2O+. The molecule has 25 heavy (non-hydrogen) atoms. The van der Waals surface area contributed by atoms with Crippen molar-refractivity contribution in [2.75, 3.05) is 0 Å². The number of aryl methyl sites for hydroxylation is 2. The zero-order valence-corrected chi connectivity index (χ0v) is 14.1. The number of fused-ring (bicyclic) bond motifs is 1. The van der Waals surface area contributed by atoms with Crippen molar-refractivity contribution in [1.29, 1.82) is 0 Å². The largest absolute Gasteiger partial charge is 0.420 e. The van der Waals surface area contributed by atoms with Crippen LogP contribution in [0.5, 0.6) is 0 Å². The Morgan fingerprint density at radius 1 is 1.16 bits per heavy atom. The predicted octanol–water partition coefficient (Wildman–Crippen LogP) is 3.85. The van der Waals surface area contributed by atoms with Crippen molar-refractivity contribution < 1.29 is 22.8 Å². The van der Waals surface area contributed by atoms with Crippen molar-refractivity contribution in [3.63, 3.8) is 0 Å². The van der Waals surface area contributed by atoms with E-state index in [0.717, 1.165) is 28.3 Å². The molecular weight excluding hydrogens is 329 g/mol. The van der Waals surface area contributed by atoms with Gasteiger partial charge in [0.15, 0.2) is 5.52 Å². The van der Waals surface area contributed by atoms with Crippen LogP contribution < -0.4 is 4.57 Å². The number of aliphatic hydroxyl groups excluding tert-OH is 1. The molecule has 2 aromatic carbocycles. The number of halogens is 3. The Morgan fingerprint density at radius 3 is 2.52 bits per heavy atom. The summed E-state index contributed by atoms with van der Waals surface area (Å²) >= 11 is 0. The zero-order valence-electron chi connectivity index (χ0n) is 14.1. The van der Waals surface area contributed by atoms with E-state index in [2.05, 4.69) is 4.98 Å². The van der Waals surface area contributed by atoms with E-state index >= 15 is 0 Å². The molecule has 3 aromatic rings. The summed E-state index contributed by atoms with van der Waals surface area (Å²) in [6.45, 7) is 3.71. The van der Waals surface area contributed by atoms with Gasteiger partial charge in [-0.15, -0.1) is 0 Å². The van der Waals surface area contributed by atoms with Crippen LogP contribution in [0.25, 0.3) is 22.2 Å². The first-order valence-corrected chi connectivity index (χ1v) is 7.80. The molecule has 0 atom stereocenters. The highest BCUT2D eigenvalue weighted by atomic mass is 19.4. The van der Waals surface area contributed by atoms with Crippen molar-refractivity contribution in [3.8, 4) is 11.3 Å². The summed E-state index contributed by atoms with van der Waals surface area (Å²) in [6.07, 6.45) is -3.07. The maximum Gasteiger partial charge on any atom is 0.420 e. The molecule has 0 spiro atoms. The zero-order chi connectivity index (χ0) is 18.4. The maximum absolute atomic E-state index is 13.3. The lowest BCUT2D eigenvalue weighted by molar-refractivity contribution is -0.662. The van der Waals surface area contributed by atoms with Crippen molar-refractivity contribution >= 4 is 10.9 Å². The SMILES string of the molecule is Cc1cc(CO)cc(-c2c3cccc(C(F)(F)F)c3nc[n+]2C)c1C. The Labute approximate surface area is 143 Å².